The van der Waals surface area contributed by atoms with Gasteiger partial charge in [-0.25, -0.2) is 4.98 Å². The van der Waals surface area contributed by atoms with Gasteiger partial charge >= 0.3 is 0 Å². The van der Waals surface area contributed by atoms with Crippen LogP contribution in [-0.4, -0.2) is 21.6 Å². The minimum Gasteiger partial charge on any atom is -0.328 e. The lowest BCUT2D eigenvalue weighted by atomic mass is 10.0. The van der Waals surface area contributed by atoms with Gasteiger partial charge < -0.3 is 4.57 Å². The van der Waals surface area contributed by atoms with Crippen LogP contribution in [0.15, 0.2) is 42.7 Å². The number of rotatable bonds is 6. The van der Waals surface area contributed by atoms with Crippen LogP contribution < -0.4 is 5.32 Å². The van der Waals surface area contributed by atoms with Crippen molar-refractivity contribution in [2.24, 2.45) is 0 Å². The number of nitriles is 1. The number of hydrogen-bond acceptors (Lipinski definition) is 3. The Bertz CT molecular complexity index is 582. The van der Waals surface area contributed by atoms with Gasteiger partial charge in [-0.15, -0.1) is 0 Å². The summed E-state index contributed by atoms with van der Waals surface area (Å²) in [7, 11) is 0. The van der Waals surface area contributed by atoms with E-state index in [2.05, 4.69) is 23.3 Å². The second kappa shape index (κ2) is 6.36. The van der Waals surface area contributed by atoms with Crippen LogP contribution in [0.2, 0.25) is 0 Å². The number of imidazole rings is 1. The first-order valence-corrected chi connectivity index (χ1v) is 6.91. The molecule has 20 heavy (non-hydrogen) atoms. The average molecular weight is 268 g/mol. The first-order valence-electron chi connectivity index (χ1n) is 6.91. The Morgan fingerprint density at radius 2 is 2.10 bits per heavy atom. The molecule has 0 aliphatic heterocycles. The van der Waals surface area contributed by atoms with Gasteiger partial charge in [0.2, 0.25) is 0 Å². The quantitative estimate of drug-likeness (QED) is 0.876. The summed E-state index contributed by atoms with van der Waals surface area (Å²) in [6, 6.07) is 12.4. The van der Waals surface area contributed by atoms with Gasteiger partial charge in [0.1, 0.15) is 11.4 Å². The predicted octanol–water partition coefficient (Wildman–Crippen LogP) is 2.83. The highest BCUT2D eigenvalue weighted by Crippen LogP contribution is 2.19. The zero-order valence-corrected chi connectivity index (χ0v) is 12.0. The molecule has 4 nitrogen and oxygen atoms in total. The second-order valence-corrected chi connectivity index (χ2v) is 5.12. The maximum absolute atomic E-state index is 9.43. The van der Waals surface area contributed by atoms with Crippen LogP contribution >= 0.6 is 0 Å². The summed E-state index contributed by atoms with van der Waals surface area (Å²) in [4.78, 5) is 4.41. The van der Waals surface area contributed by atoms with Crippen molar-refractivity contribution in [3.8, 4) is 17.5 Å². The molecule has 0 aliphatic carbocycles. The van der Waals surface area contributed by atoms with Crippen molar-refractivity contribution < 1.29 is 0 Å². The zero-order valence-electron chi connectivity index (χ0n) is 12.0. The van der Waals surface area contributed by atoms with Crippen LogP contribution in [0.1, 0.15) is 20.3 Å². The third-order valence-corrected chi connectivity index (χ3v) is 3.25. The van der Waals surface area contributed by atoms with Gasteiger partial charge in [-0.3, -0.25) is 5.32 Å². The van der Waals surface area contributed by atoms with E-state index in [1.165, 1.54) is 0 Å². The first-order chi connectivity index (χ1) is 9.68. The zero-order chi connectivity index (χ0) is 14.4. The van der Waals surface area contributed by atoms with Crippen LogP contribution in [-0.2, 0) is 6.54 Å². The number of aromatic nitrogens is 2. The van der Waals surface area contributed by atoms with Gasteiger partial charge in [-0.2, -0.15) is 5.26 Å². The maximum atomic E-state index is 9.43. The van der Waals surface area contributed by atoms with Gasteiger partial charge in [0, 0.05) is 18.0 Å². The summed E-state index contributed by atoms with van der Waals surface area (Å²) in [5, 5.41) is 12.7. The molecule has 2 aromatic rings. The average Bonchev–Trinajstić information content (AvgIpc) is 2.94. The summed E-state index contributed by atoms with van der Waals surface area (Å²) >= 11 is 0. The summed E-state index contributed by atoms with van der Waals surface area (Å²) in [6.07, 6.45) is 4.71. The molecule has 0 fully saturated rings. The highest BCUT2D eigenvalue weighted by atomic mass is 15.1. The number of hydrogen-bond donors (Lipinski definition) is 1. The van der Waals surface area contributed by atoms with Gasteiger partial charge in [-0.05, 0) is 19.9 Å². The van der Waals surface area contributed by atoms with Crippen LogP contribution in [0.4, 0.5) is 0 Å². The highest BCUT2D eigenvalue weighted by molar-refractivity contribution is 5.55. The molecule has 0 bridgehead atoms. The predicted molar refractivity (Wildman–Crippen MR) is 80.0 cm³/mol. The monoisotopic (exact) mass is 268 g/mol. The summed E-state index contributed by atoms with van der Waals surface area (Å²) < 4.78 is 2.03. The molecule has 1 N–H and O–H groups in total. The third-order valence-electron chi connectivity index (χ3n) is 3.25. The van der Waals surface area contributed by atoms with E-state index < -0.39 is 5.54 Å². The molecule has 0 spiro atoms. The van der Waals surface area contributed by atoms with Gasteiger partial charge in [0.05, 0.1) is 12.6 Å². The normalized spacial score (nSPS) is 13.7. The van der Waals surface area contributed by atoms with Crippen LogP contribution in [0.5, 0.6) is 0 Å². The van der Waals surface area contributed by atoms with Crippen molar-refractivity contribution in [1.29, 1.82) is 5.26 Å². The Morgan fingerprint density at radius 1 is 1.35 bits per heavy atom. The van der Waals surface area contributed by atoms with Crippen molar-refractivity contribution in [3.05, 3.63) is 42.7 Å². The van der Waals surface area contributed by atoms with E-state index in [0.29, 0.717) is 6.54 Å². The van der Waals surface area contributed by atoms with E-state index in [-0.39, 0.29) is 0 Å². The van der Waals surface area contributed by atoms with E-state index in [1.54, 1.807) is 6.20 Å². The lowest BCUT2D eigenvalue weighted by molar-refractivity contribution is 0.390. The molecule has 1 aromatic carbocycles. The van der Waals surface area contributed by atoms with E-state index >= 15 is 0 Å². The fourth-order valence-corrected chi connectivity index (χ4v) is 2.16. The van der Waals surface area contributed by atoms with Crippen molar-refractivity contribution in [2.75, 3.05) is 6.54 Å². The summed E-state index contributed by atoms with van der Waals surface area (Å²) in [6.45, 7) is 5.43. The number of nitrogens with one attached hydrogen (secondary N) is 1. The molecule has 104 valence electrons. The van der Waals surface area contributed by atoms with Crippen LogP contribution in [0, 0.1) is 11.3 Å². The molecule has 0 amide bonds. The van der Waals surface area contributed by atoms with Crippen LogP contribution in [0.3, 0.4) is 0 Å². The molecule has 1 aromatic heterocycles. The van der Waals surface area contributed by atoms with Crippen molar-refractivity contribution in [3.63, 3.8) is 0 Å². The number of nitrogens with zero attached hydrogens (tertiary/aromatic N) is 3. The van der Waals surface area contributed by atoms with Gasteiger partial charge in [0.25, 0.3) is 0 Å². The summed E-state index contributed by atoms with van der Waals surface area (Å²) in [5.74, 6) is 0.894. The maximum Gasteiger partial charge on any atom is 0.139 e. The van der Waals surface area contributed by atoms with Crippen molar-refractivity contribution >= 4 is 0 Å². The molecule has 1 atom stereocenters. The smallest absolute Gasteiger partial charge is 0.139 e. The lowest BCUT2D eigenvalue weighted by Crippen LogP contribution is -2.45. The van der Waals surface area contributed by atoms with E-state index in [0.717, 1.165) is 24.4 Å². The minimum atomic E-state index is -0.583. The molecular formula is C16H20N4. The molecule has 2 rings (SSSR count). The fraction of sp³-hybridized carbons (Fsp3) is 0.375. The Balaban J connectivity index is 2.23. The standard InChI is InChI=1S/C16H20N4/c1-3-9-19-16(2,12-17)13-20-11-10-18-15(20)14-7-5-4-6-8-14/h4-8,10-11,19H,3,9,13H2,1-2H3. The Labute approximate surface area is 120 Å². The topological polar surface area (TPSA) is 53.6 Å². The Morgan fingerprint density at radius 3 is 2.75 bits per heavy atom. The molecule has 4 heteroatoms. The SMILES string of the molecule is CCCNC(C)(C#N)Cn1ccnc1-c1ccccc1. The first kappa shape index (κ1) is 14.3. The largest absolute Gasteiger partial charge is 0.328 e. The molecule has 1 unspecified atom stereocenters. The number of benzene rings is 1. The summed E-state index contributed by atoms with van der Waals surface area (Å²) in [5.41, 5.74) is 0.480. The van der Waals surface area contributed by atoms with Crippen LogP contribution in [0.25, 0.3) is 11.4 Å². The van der Waals surface area contributed by atoms with Crippen molar-refractivity contribution in [2.45, 2.75) is 32.4 Å². The van der Waals surface area contributed by atoms with E-state index in [1.807, 2.05) is 48.0 Å². The second-order valence-electron chi connectivity index (χ2n) is 5.12. The van der Waals surface area contributed by atoms with Gasteiger partial charge in [0.15, 0.2) is 0 Å². The lowest BCUT2D eigenvalue weighted by Gasteiger charge is -2.24. The van der Waals surface area contributed by atoms with E-state index in [4.69, 9.17) is 0 Å². The molecular weight excluding hydrogens is 248 g/mol. The Kier molecular flexibility index (Phi) is 4.54. The Hall–Kier alpha value is -2.12. The van der Waals surface area contributed by atoms with Gasteiger partial charge in [-0.1, -0.05) is 37.3 Å². The molecule has 0 saturated heterocycles. The van der Waals surface area contributed by atoms with Crippen molar-refractivity contribution in [1.82, 2.24) is 14.9 Å². The highest BCUT2D eigenvalue weighted by Gasteiger charge is 2.24. The minimum absolute atomic E-state index is 0.577. The third kappa shape index (κ3) is 3.25. The molecule has 0 radical (unpaired) electrons. The molecule has 1 heterocycles. The molecule has 0 aliphatic rings. The van der Waals surface area contributed by atoms with E-state index in [9.17, 15) is 5.26 Å². The molecule has 0 saturated carbocycles. The fourth-order valence-electron chi connectivity index (χ4n) is 2.16.